The summed E-state index contributed by atoms with van der Waals surface area (Å²) >= 11 is 2.85. The van der Waals surface area contributed by atoms with Gasteiger partial charge in [-0.2, -0.15) is 0 Å². The van der Waals surface area contributed by atoms with E-state index in [-0.39, 0.29) is 11.9 Å². The molecule has 0 bridgehead atoms. The second-order valence-corrected chi connectivity index (χ2v) is 6.63. The van der Waals surface area contributed by atoms with Crippen LogP contribution >= 0.6 is 23.1 Å². The predicted octanol–water partition coefficient (Wildman–Crippen LogP) is 2.39. The minimum Gasteiger partial charge on any atom is -0.357 e. The number of thioether (sulfide) groups is 1. The highest BCUT2D eigenvalue weighted by molar-refractivity contribution is 8.01. The van der Waals surface area contributed by atoms with Crippen LogP contribution in [0.4, 0.5) is 5.13 Å². The van der Waals surface area contributed by atoms with E-state index in [1.54, 1.807) is 6.08 Å². The van der Waals surface area contributed by atoms with Crippen molar-refractivity contribution in [2.75, 3.05) is 17.6 Å². The molecule has 7 heteroatoms. The van der Waals surface area contributed by atoms with E-state index >= 15 is 0 Å². The number of amides is 1. The van der Waals surface area contributed by atoms with Crippen LogP contribution in [-0.2, 0) is 4.79 Å². The number of nitrogens with one attached hydrogen (secondary N) is 2. The number of nitrogens with zero attached hydrogens (tertiary/aromatic N) is 2. The van der Waals surface area contributed by atoms with Gasteiger partial charge in [-0.3, -0.25) is 4.79 Å². The Kier molecular flexibility index (Phi) is 6.86. The molecule has 2 N–H and O–H groups in total. The number of carbonyl (C=O) groups is 1. The average Bonchev–Trinajstić information content (AvgIpc) is 2.81. The van der Waals surface area contributed by atoms with E-state index < -0.39 is 0 Å². The maximum Gasteiger partial charge on any atom is 0.230 e. The average molecular weight is 300 g/mol. The lowest BCUT2D eigenvalue weighted by Gasteiger charge is -2.16. The van der Waals surface area contributed by atoms with Crippen LogP contribution in [0.1, 0.15) is 20.8 Å². The van der Waals surface area contributed by atoms with Crippen molar-refractivity contribution in [3.8, 4) is 0 Å². The molecule has 0 aromatic carbocycles. The Labute approximate surface area is 122 Å². The Morgan fingerprint density at radius 1 is 1.47 bits per heavy atom. The van der Waals surface area contributed by atoms with Gasteiger partial charge < -0.3 is 10.6 Å². The van der Waals surface area contributed by atoms with Gasteiger partial charge in [0.2, 0.25) is 11.0 Å². The number of hydrogen-bond donors (Lipinski definition) is 2. The van der Waals surface area contributed by atoms with Crippen LogP contribution in [0.5, 0.6) is 0 Å². The maximum atomic E-state index is 11.7. The Balaban J connectivity index is 2.33. The first-order valence-corrected chi connectivity index (χ1v) is 7.93. The van der Waals surface area contributed by atoms with Crippen molar-refractivity contribution in [3.63, 3.8) is 0 Å². The lowest BCUT2D eigenvalue weighted by molar-refractivity contribution is -0.119. The van der Waals surface area contributed by atoms with Crippen molar-refractivity contribution in [3.05, 3.63) is 12.7 Å². The quantitative estimate of drug-likeness (QED) is 0.570. The van der Waals surface area contributed by atoms with Gasteiger partial charge in [-0.05, 0) is 12.8 Å². The first-order valence-electron chi connectivity index (χ1n) is 6.13. The number of anilines is 1. The van der Waals surface area contributed by atoms with Gasteiger partial charge in [0.1, 0.15) is 0 Å². The fourth-order valence-electron chi connectivity index (χ4n) is 1.09. The summed E-state index contributed by atoms with van der Waals surface area (Å²) in [4.78, 5) is 11.7. The second-order valence-electron chi connectivity index (χ2n) is 4.43. The van der Waals surface area contributed by atoms with E-state index in [4.69, 9.17) is 0 Å². The van der Waals surface area contributed by atoms with E-state index in [1.807, 2.05) is 6.92 Å². The third kappa shape index (κ3) is 6.07. The molecule has 0 unspecified atom stereocenters. The van der Waals surface area contributed by atoms with E-state index in [2.05, 4.69) is 41.3 Å². The SMILES string of the molecule is C=CCNc1nnc(SCC(=O)N[C@@H](C)C(C)C)s1. The van der Waals surface area contributed by atoms with Gasteiger partial charge in [-0.1, -0.05) is 43.0 Å². The molecule has 0 saturated heterocycles. The molecular weight excluding hydrogens is 280 g/mol. The molecular formula is C12H20N4OS2. The van der Waals surface area contributed by atoms with Gasteiger partial charge in [0.15, 0.2) is 4.34 Å². The standard InChI is InChI=1S/C12H20N4OS2/c1-5-6-13-11-15-16-12(19-11)18-7-10(17)14-9(4)8(2)3/h5,8-9H,1,6-7H2,2-4H3,(H,13,15)(H,14,17)/t9-/m0/s1. The molecule has 0 aliphatic heterocycles. The van der Waals surface area contributed by atoms with Crippen LogP contribution in [0.3, 0.4) is 0 Å². The zero-order chi connectivity index (χ0) is 14.3. The lowest BCUT2D eigenvalue weighted by atomic mass is 10.1. The topological polar surface area (TPSA) is 66.9 Å². The molecule has 0 aliphatic carbocycles. The molecule has 1 rings (SSSR count). The van der Waals surface area contributed by atoms with Gasteiger partial charge in [0, 0.05) is 12.6 Å². The summed E-state index contributed by atoms with van der Waals surface area (Å²) in [5.74, 6) is 0.833. The minimum atomic E-state index is 0.0296. The fraction of sp³-hybridized carbons (Fsp3) is 0.583. The molecule has 0 saturated carbocycles. The summed E-state index contributed by atoms with van der Waals surface area (Å²) in [7, 11) is 0. The molecule has 1 atom stereocenters. The summed E-state index contributed by atoms with van der Waals surface area (Å²) in [6.07, 6.45) is 1.76. The zero-order valence-electron chi connectivity index (χ0n) is 11.5. The molecule has 1 aromatic rings. The molecule has 1 amide bonds. The summed E-state index contributed by atoms with van der Waals surface area (Å²) in [5.41, 5.74) is 0. The number of hydrogen-bond acceptors (Lipinski definition) is 6. The normalized spacial score (nSPS) is 12.2. The highest BCUT2D eigenvalue weighted by Crippen LogP contribution is 2.25. The van der Waals surface area contributed by atoms with Crippen molar-refractivity contribution in [1.29, 1.82) is 0 Å². The Hall–Kier alpha value is -1.08. The van der Waals surface area contributed by atoms with E-state index in [9.17, 15) is 4.79 Å². The highest BCUT2D eigenvalue weighted by atomic mass is 32.2. The second kappa shape index (κ2) is 8.16. The highest BCUT2D eigenvalue weighted by Gasteiger charge is 2.12. The van der Waals surface area contributed by atoms with Gasteiger partial charge >= 0.3 is 0 Å². The molecule has 0 spiro atoms. The number of carbonyl (C=O) groups excluding carboxylic acids is 1. The summed E-state index contributed by atoms with van der Waals surface area (Å²) in [6.45, 7) is 10.5. The maximum absolute atomic E-state index is 11.7. The first kappa shape index (κ1) is 16.0. The largest absolute Gasteiger partial charge is 0.357 e. The Bertz CT molecular complexity index is 420. The fourth-order valence-corrected chi connectivity index (χ4v) is 2.66. The smallest absolute Gasteiger partial charge is 0.230 e. The molecule has 0 radical (unpaired) electrons. The van der Waals surface area contributed by atoms with Crippen molar-refractivity contribution < 1.29 is 4.79 Å². The first-order chi connectivity index (χ1) is 9.02. The molecule has 0 aliphatic rings. The third-order valence-corrected chi connectivity index (χ3v) is 4.53. The summed E-state index contributed by atoms with van der Waals surface area (Å²) in [5, 5.41) is 14.8. The monoisotopic (exact) mass is 300 g/mol. The van der Waals surface area contributed by atoms with Crippen molar-refractivity contribution in [2.24, 2.45) is 5.92 Å². The van der Waals surface area contributed by atoms with Crippen LogP contribution in [0.25, 0.3) is 0 Å². The van der Waals surface area contributed by atoms with E-state index in [0.29, 0.717) is 18.2 Å². The zero-order valence-corrected chi connectivity index (χ0v) is 13.1. The molecule has 5 nitrogen and oxygen atoms in total. The van der Waals surface area contributed by atoms with Gasteiger partial charge in [-0.25, -0.2) is 0 Å². The molecule has 106 valence electrons. The van der Waals surface area contributed by atoms with Crippen LogP contribution in [0.2, 0.25) is 0 Å². The van der Waals surface area contributed by atoms with Crippen LogP contribution < -0.4 is 10.6 Å². The summed E-state index contributed by atoms with van der Waals surface area (Å²) in [6, 6.07) is 0.187. The van der Waals surface area contributed by atoms with Crippen LogP contribution in [0, 0.1) is 5.92 Å². The predicted molar refractivity (Wildman–Crippen MR) is 81.8 cm³/mol. The molecule has 0 fully saturated rings. The molecule has 1 aromatic heterocycles. The minimum absolute atomic E-state index is 0.0296. The van der Waals surface area contributed by atoms with Gasteiger partial charge in [0.25, 0.3) is 0 Å². The number of rotatable bonds is 8. The van der Waals surface area contributed by atoms with Gasteiger partial charge in [0.05, 0.1) is 5.75 Å². The van der Waals surface area contributed by atoms with E-state index in [0.717, 1.165) is 9.47 Å². The number of aromatic nitrogens is 2. The lowest BCUT2D eigenvalue weighted by Crippen LogP contribution is -2.37. The molecule has 1 heterocycles. The van der Waals surface area contributed by atoms with E-state index in [1.165, 1.54) is 23.1 Å². The Morgan fingerprint density at radius 2 is 2.21 bits per heavy atom. The van der Waals surface area contributed by atoms with Crippen molar-refractivity contribution in [1.82, 2.24) is 15.5 Å². The molecule has 19 heavy (non-hydrogen) atoms. The summed E-state index contributed by atoms with van der Waals surface area (Å²) < 4.78 is 0.791. The Morgan fingerprint density at radius 3 is 2.84 bits per heavy atom. The van der Waals surface area contributed by atoms with Crippen LogP contribution in [0.15, 0.2) is 17.0 Å². The van der Waals surface area contributed by atoms with Crippen molar-refractivity contribution in [2.45, 2.75) is 31.2 Å². The van der Waals surface area contributed by atoms with Crippen molar-refractivity contribution >= 4 is 34.1 Å². The van der Waals surface area contributed by atoms with Crippen LogP contribution in [-0.4, -0.2) is 34.4 Å². The van der Waals surface area contributed by atoms with Gasteiger partial charge in [-0.15, -0.1) is 16.8 Å². The third-order valence-electron chi connectivity index (χ3n) is 2.52.